The summed E-state index contributed by atoms with van der Waals surface area (Å²) < 4.78 is 0. The van der Waals surface area contributed by atoms with Gasteiger partial charge in [0.15, 0.2) is 0 Å². The molecule has 0 fully saturated rings. The molecule has 14 heavy (non-hydrogen) atoms. The van der Waals surface area contributed by atoms with Crippen molar-refractivity contribution in [2.75, 3.05) is 0 Å². The third kappa shape index (κ3) is 3.31. The molecule has 0 heterocycles. The van der Waals surface area contributed by atoms with Crippen LogP contribution in [0.3, 0.4) is 0 Å². The molecule has 0 spiro atoms. The Morgan fingerprint density at radius 2 is 2.07 bits per heavy atom. The summed E-state index contributed by atoms with van der Waals surface area (Å²) in [4.78, 5) is 20.3. The second-order valence-electron chi connectivity index (χ2n) is 2.61. The minimum Gasteiger partial charge on any atom is -0.295 e. The summed E-state index contributed by atoms with van der Waals surface area (Å²) in [5.74, 6) is -0.494. The fourth-order valence-corrected chi connectivity index (χ4v) is 0.829. The molecule has 1 rings (SSSR count). The summed E-state index contributed by atoms with van der Waals surface area (Å²) >= 11 is 0. The molecule has 0 unspecified atom stereocenters. The Morgan fingerprint density at radius 3 is 2.71 bits per heavy atom. The number of allylic oxidation sites excluding steroid dienone is 1. The largest absolute Gasteiger partial charge is 0.386 e. The van der Waals surface area contributed by atoms with E-state index in [-0.39, 0.29) is 0 Å². The molecule has 0 atom stereocenters. The highest BCUT2D eigenvalue weighted by Crippen LogP contribution is 2.01. The van der Waals surface area contributed by atoms with Crippen LogP contribution in [0.2, 0.25) is 0 Å². The van der Waals surface area contributed by atoms with E-state index < -0.39 is 5.97 Å². The summed E-state index contributed by atoms with van der Waals surface area (Å²) in [6.45, 7) is 1.96. The van der Waals surface area contributed by atoms with Gasteiger partial charge < -0.3 is 0 Å². The number of carbonyl (C=O) groups is 1. The molecular weight excluding hydrogens is 180 g/mol. The average Bonchev–Trinajstić information content (AvgIpc) is 2.25. The van der Waals surface area contributed by atoms with E-state index in [2.05, 4.69) is 9.78 Å². The summed E-state index contributed by atoms with van der Waals surface area (Å²) in [5, 5.41) is 0. The summed E-state index contributed by atoms with van der Waals surface area (Å²) in [6, 6.07) is 8.68. The molecular formula is C11H12O3. The van der Waals surface area contributed by atoms with Gasteiger partial charge in [-0.25, -0.2) is 9.68 Å². The molecule has 0 aliphatic heterocycles. The lowest BCUT2D eigenvalue weighted by Gasteiger charge is -1.99. The van der Waals surface area contributed by atoms with Crippen LogP contribution in [0.4, 0.5) is 0 Å². The Balaban J connectivity index is 2.40. The summed E-state index contributed by atoms with van der Waals surface area (Å²) in [6.07, 6.45) is 3.93. The molecule has 0 amide bonds. The molecule has 0 aliphatic carbocycles. The average molecular weight is 192 g/mol. The van der Waals surface area contributed by atoms with Crippen molar-refractivity contribution in [3.05, 3.63) is 48.2 Å². The highest BCUT2D eigenvalue weighted by Gasteiger charge is 2.05. The van der Waals surface area contributed by atoms with Crippen LogP contribution in [-0.4, -0.2) is 5.97 Å². The highest BCUT2D eigenvalue weighted by molar-refractivity contribution is 5.88. The zero-order valence-corrected chi connectivity index (χ0v) is 7.97. The number of carbonyl (C=O) groups excluding carboxylic acids is 1. The smallest absolute Gasteiger partial charge is 0.295 e. The van der Waals surface area contributed by atoms with E-state index in [0.29, 0.717) is 5.56 Å². The van der Waals surface area contributed by atoms with Crippen molar-refractivity contribution < 1.29 is 14.6 Å². The molecule has 1 aromatic rings. The summed E-state index contributed by atoms with van der Waals surface area (Å²) in [5.41, 5.74) is 0.470. The maximum atomic E-state index is 11.2. The maximum absolute atomic E-state index is 11.2. The van der Waals surface area contributed by atoms with Crippen LogP contribution in [0.15, 0.2) is 42.7 Å². The van der Waals surface area contributed by atoms with Gasteiger partial charge in [-0.05, 0) is 24.6 Å². The zero-order chi connectivity index (χ0) is 10.2. The maximum Gasteiger partial charge on any atom is 0.386 e. The molecule has 0 radical (unpaired) electrons. The van der Waals surface area contributed by atoms with Crippen molar-refractivity contribution in [2.45, 2.75) is 13.3 Å². The monoisotopic (exact) mass is 192 g/mol. The number of rotatable bonds is 4. The van der Waals surface area contributed by atoms with Gasteiger partial charge in [-0.2, -0.15) is 0 Å². The minimum absolute atomic E-state index is 0.470. The highest BCUT2D eigenvalue weighted by atomic mass is 17.2. The molecule has 0 bridgehead atoms. The van der Waals surface area contributed by atoms with E-state index in [0.717, 1.165) is 6.42 Å². The molecule has 1 aromatic carbocycles. The predicted octanol–water partition coefficient (Wildman–Crippen LogP) is 2.70. The van der Waals surface area contributed by atoms with E-state index in [1.165, 1.54) is 6.26 Å². The van der Waals surface area contributed by atoms with E-state index in [9.17, 15) is 4.79 Å². The lowest BCUT2D eigenvalue weighted by Crippen LogP contribution is -2.02. The normalized spacial score (nSPS) is 10.1. The van der Waals surface area contributed by atoms with Gasteiger partial charge >= 0.3 is 5.97 Å². The fraction of sp³-hybridized carbons (Fsp3) is 0.182. The molecule has 0 N–H and O–H groups in total. The van der Waals surface area contributed by atoms with Crippen molar-refractivity contribution in [1.82, 2.24) is 0 Å². The third-order valence-corrected chi connectivity index (χ3v) is 1.52. The Hall–Kier alpha value is -1.77. The second-order valence-corrected chi connectivity index (χ2v) is 2.61. The Labute approximate surface area is 82.9 Å². The fourth-order valence-electron chi connectivity index (χ4n) is 0.829. The van der Waals surface area contributed by atoms with Crippen molar-refractivity contribution in [2.24, 2.45) is 0 Å². The third-order valence-electron chi connectivity index (χ3n) is 1.52. The van der Waals surface area contributed by atoms with Gasteiger partial charge in [0.05, 0.1) is 5.56 Å². The van der Waals surface area contributed by atoms with Gasteiger partial charge in [0, 0.05) is 0 Å². The van der Waals surface area contributed by atoms with Crippen LogP contribution >= 0.6 is 0 Å². The lowest BCUT2D eigenvalue weighted by molar-refractivity contribution is -0.191. The van der Waals surface area contributed by atoms with Crippen LogP contribution in [0.5, 0.6) is 0 Å². The van der Waals surface area contributed by atoms with E-state index in [1.807, 2.05) is 13.0 Å². The Kier molecular flexibility index (Phi) is 4.27. The van der Waals surface area contributed by atoms with Crippen LogP contribution in [-0.2, 0) is 9.78 Å². The van der Waals surface area contributed by atoms with Gasteiger partial charge in [0.25, 0.3) is 0 Å². The predicted molar refractivity (Wildman–Crippen MR) is 52.4 cm³/mol. The first-order valence-corrected chi connectivity index (χ1v) is 4.42. The van der Waals surface area contributed by atoms with E-state index in [4.69, 9.17) is 0 Å². The second kappa shape index (κ2) is 5.80. The zero-order valence-electron chi connectivity index (χ0n) is 7.97. The van der Waals surface area contributed by atoms with Gasteiger partial charge in [0.1, 0.15) is 6.26 Å². The van der Waals surface area contributed by atoms with Crippen molar-refractivity contribution >= 4 is 5.97 Å². The van der Waals surface area contributed by atoms with Gasteiger partial charge in [-0.15, -0.1) is 0 Å². The van der Waals surface area contributed by atoms with Gasteiger partial charge in [-0.1, -0.05) is 25.1 Å². The first-order chi connectivity index (χ1) is 6.84. The quantitative estimate of drug-likeness (QED) is 0.418. The number of hydrogen-bond acceptors (Lipinski definition) is 3. The van der Waals surface area contributed by atoms with Crippen LogP contribution in [0, 0.1) is 0 Å². The number of hydrogen-bond donors (Lipinski definition) is 0. The molecule has 0 aliphatic rings. The minimum atomic E-state index is -0.494. The standard InChI is InChI=1S/C11H12O3/c1-2-3-9-13-14-11(12)10-7-5-4-6-8-10/h3-9H,2H2,1H3/b9-3+. The SMILES string of the molecule is CC/C=C/OOC(=O)c1ccccc1. The van der Waals surface area contributed by atoms with Crippen LogP contribution in [0.25, 0.3) is 0 Å². The molecule has 3 heteroatoms. The van der Waals surface area contributed by atoms with Crippen LogP contribution in [0.1, 0.15) is 23.7 Å². The van der Waals surface area contributed by atoms with Gasteiger partial charge in [0.2, 0.25) is 0 Å². The molecule has 74 valence electrons. The molecule has 0 saturated carbocycles. The Bertz CT molecular complexity index is 304. The van der Waals surface area contributed by atoms with Crippen molar-refractivity contribution in [1.29, 1.82) is 0 Å². The van der Waals surface area contributed by atoms with Crippen molar-refractivity contribution in [3.8, 4) is 0 Å². The summed E-state index contributed by atoms with van der Waals surface area (Å²) in [7, 11) is 0. The van der Waals surface area contributed by atoms with Crippen molar-refractivity contribution in [3.63, 3.8) is 0 Å². The van der Waals surface area contributed by atoms with E-state index >= 15 is 0 Å². The van der Waals surface area contributed by atoms with E-state index in [1.54, 1.807) is 30.3 Å². The Morgan fingerprint density at radius 1 is 1.36 bits per heavy atom. The molecule has 0 saturated heterocycles. The first kappa shape index (κ1) is 10.3. The molecule has 3 nitrogen and oxygen atoms in total. The first-order valence-electron chi connectivity index (χ1n) is 4.42. The lowest BCUT2D eigenvalue weighted by atomic mass is 10.2. The number of benzene rings is 1. The topological polar surface area (TPSA) is 35.5 Å². The molecule has 0 aromatic heterocycles. The van der Waals surface area contributed by atoms with Gasteiger partial charge in [-0.3, -0.25) is 4.89 Å². The van der Waals surface area contributed by atoms with Crippen LogP contribution < -0.4 is 0 Å².